The lowest BCUT2D eigenvalue weighted by Crippen LogP contribution is -2.68. The van der Waals surface area contributed by atoms with E-state index in [-0.39, 0.29) is 23.2 Å². The summed E-state index contributed by atoms with van der Waals surface area (Å²) >= 11 is 13.2. The fourth-order valence-electron chi connectivity index (χ4n) is 6.59. The lowest BCUT2D eigenvalue weighted by atomic mass is 9.51. The van der Waals surface area contributed by atoms with Crippen LogP contribution in [0, 0.1) is 11.3 Å². The number of benzene rings is 1. The van der Waals surface area contributed by atoms with Crippen LogP contribution in [0.4, 0.5) is 0 Å². The number of ether oxygens (including phenoxy) is 1. The molecule has 208 valence electrons. The fraction of sp³-hybridized carbons (Fsp3) is 0.690. The molecule has 3 aliphatic rings. The zero-order chi connectivity index (χ0) is 26.9. The van der Waals surface area contributed by atoms with Gasteiger partial charge in [0.1, 0.15) is 23.1 Å². The van der Waals surface area contributed by atoms with Gasteiger partial charge in [0.25, 0.3) is 0 Å². The molecular weight excluding hydrogens is 523 g/mol. The average Bonchev–Trinajstić information content (AvgIpc) is 3.66. The summed E-state index contributed by atoms with van der Waals surface area (Å²) in [6.45, 7) is 5.90. The summed E-state index contributed by atoms with van der Waals surface area (Å²) in [6, 6.07) is 5.29. The summed E-state index contributed by atoms with van der Waals surface area (Å²) in [5, 5.41) is 25.8. The number of para-hydroxylation sites is 1. The summed E-state index contributed by atoms with van der Waals surface area (Å²) in [4.78, 5) is 13.6. The molecule has 3 fully saturated rings. The summed E-state index contributed by atoms with van der Waals surface area (Å²) in [6.07, 6.45) is 9.50. The third-order valence-electron chi connectivity index (χ3n) is 8.90. The molecule has 38 heavy (non-hydrogen) atoms. The summed E-state index contributed by atoms with van der Waals surface area (Å²) in [5.74, 6) is -0.140. The van der Waals surface area contributed by atoms with Crippen molar-refractivity contribution < 1.29 is 14.6 Å². The van der Waals surface area contributed by atoms with Crippen LogP contribution >= 0.6 is 23.2 Å². The molecule has 2 aliphatic carbocycles. The lowest BCUT2D eigenvalue weighted by molar-refractivity contribution is -0.266. The SMILES string of the molecule is CCCCCCC(CC)C(=O)OC1C2(CCNCC2)CC1(O)c1c(C2CC2)nnn1-c1c(Cl)cccc1Cl. The zero-order valence-electron chi connectivity index (χ0n) is 22.5. The highest BCUT2D eigenvalue weighted by Crippen LogP contribution is 2.62. The van der Waals surface area contributed by atoms with E-state index in [1.165, 1.54) is 6.42 Å². The maximum Gasteiger partial charge on any atom is 0.309 e. The van der Waals surface area contributed by atoms with Crippen molar-refractivity contribution in [2.45, 2.75) is 102 Å². The molecule has 1 saturated heterocycles. The summed E-state index contributed by atoms with van der Waals surface area (Å²) in [7, 11) is 0. The van der Waals surface area contributed by atoms with Crippen LogP contribution in [0.1, 0.15) is 102 Å². The first kappa shape index (κ1) is 27.9. The second-order valence-corrected chi connectivity index (χ2v) is 12.4. The molecule has 2 aromatic rings. The van der Waals surface area contributed by atoms with E-state index in [2.05, 4.69) is 22.6 Å². The summed E-state index contributed by atoms with van der Waals surface area (Å²) < 4.78 is 7.99. The van der Waals surface area contributed by atoms with Crippen molar-refractivity contribution in [3.8, 4) is 5.69 Å². The average molecular weight is 564 g/mol. The number of carbonyl (C=O) groups excluding carboxylic acids is 1. The lowest BCUT2D eigenvalue weighted by Gasteiger charge is -2.60. The van der Waals surface area contributed by atoms with E-state index in [1.54, 1.807) is 22.9 Å². The predicted molar refractivity (Wildman–Crippen MR) is 149 cm³/mol. The Morgan fingerprint density at radius 1 is 1.18 bits per heavy atom. The Bertz CT molecular complexity index is 1120. The van der Waals surface area contributed by atoms with Crippen molar-refractivity contribution in [2.75, 3.05) is 13.1 Å². The fourth-order valence-corrected chi connectivity index (χ4v) is 7.15. The van der Waals surface area contributed by atoms with E-state index in [0.717, 1.165) is 76.6 Å². The van der Waals surface area contributed by atoms with Crippen LogP contribution in [-0.4, -0.2) is 45.3 Å². The highest BCUT2D eigenvalue weighted by Gasteiger charge is 2.68. The maximum atomic E-state index is 13.6. The molecule has 3 unspecified atom stereocenters. The van der Waals surface area contributed by atoms with Crippen LogP contribution in [0.3, 0.4) is 0 Å². The van der Waals surface area contributed by atoms with Crippen molar-refractivity contribution >= 4 is 29.2 Å². The Balaban J connectivity index is 1.51. The first-order chi connectivity index (χ1) is 18.3. The molecule has 1 aromatic heterocycles. The number of hydrogen-bond acceptors (Lipinski definition) is 6. The molecular formula is C29H40Cl2N4O3. The van der Waals surface area contributed by atoms with Crippen LogP contribution in [-0.2, 0) is 15.1 Å². The van der Waals surface area contributed by atoms with Gasteiger partial charge in [-0.1, -0.05) is 74.0 Å². The first-order valence-corrected chi connectivity index (χ1v) is 15.1. The minimum Gasteiger partial charge on any atom is -0.458 e. The van der Waals surface area contributed by atoms with Crippen molar-refractivity contribution in [3.63, 3.8) is 0 Å². The van der Waals surface area contributed by atoms with Crippen LogP contribution in [0.25, 0.3) is 5.69 Å². The number of hydrogen-bond donors (Lipinski definition) is 2. The molecule has 9 heteroatoms. The molecule has 7 nitrogen and oxygen atoms in total. The number of halogens is 2. The van der Waals surface area contributed by atoms with Gasteiger partial charge in [-0.05, 0) is 70.2 Å². The van der Waals surface area contributed by atoms with Gasteiger partial charge in [0.05, 0.1) is 21.7 Å². The number of aliphatic hydroxyl groups is 1. The molecule has 2 saturated carbocycles. The highest BCUT2D eigenvalue weighted by atomic mass is 35.5. The summed E-state index contributed by atoms with van der Waals surface area (Å²) in [5.41, 5.74) is 0.138. The van der Waals surface area contributed by atoms with Gasteiger partial charge >= 0.3 is 5.97 Å². The molecule has 0 bridgehead atoms. The van der Waals surface area contributed by atoms with Gasteiger partial charge in [0.15, 0.2) is 0 Å². The quantitative estimate of drug-likeness (QED) is 0.246. The van der Waals surface area contributed by atoms with Gasteiger partial charge in [-0.2, -0.15) is 0 Å². The number of rotatable bonds is 11. The molecule has 0 amide bonds. The normalized spacial score (nSPS) is 25.2. The van der Waals surface area contributed by atoms with Crippen LogP contribution < -0.4 is 5.32 Å². The third kappa shape index (κ3) is 5.12. The Kier molecular flexibility index (Phi) is 8.39. The van der Waals surface area contributed by atoms with Crippen molar-refractivity contribution in [1.82, 2.24) is 20.3 Å². The smallest absolute Gasteiger partial charge is 0.309 e. The van der Waals surface area contributed by atoms with E-state index < -0.39 is 11.7 Å². The molecule has 2 heterocycles. The molecule has 1 aromatic carbocycles. The van der Waals surface area contributed by atoms with Crippen LogP contribution in [0.2, 0.25) is 10.0 Å². The van der Waals surface area contributed by atoms with Gasteiger partial charge in [0.2, 0.25) is 0 Å². The van der Waals surface area contributed by atoms with Crippen molar-refractivity contribution in [2.24, 2.45) is 11.3 Å². The van der Waals surface area contributed by atoms with Gasteiger partial charge in [-0.3, -0.25) is 4.79 Å². The molecule has 3 atom stereocenters. The monoisotopic (exact) mass is 562 g/mol. The van der Waals surface area contributed by atoms with Crippen molar-refractivity contribution in [1.29, 1.82) is 0 Å². The number of unbranched alkanes of at least 4 members (excludes halogenated alkanes) is 3. The minimum atomic E-state index is -1.42. The van der Waals surface area contributed by atoms with Gasteiger partial charge in [0, 0.05) is 11.3 Å². The van der Waals surface area contributed by atoms with Crippen molar-refractivity contribution in [3.05, 3.63) is 39.6 Å². The minimum absolute atomic E-state index is 0.167. The number of nitrogens with one attached hydrogen (secondary N) is 1. The second kappa shape index (κ2) is 11.4. The number of carbonyl (C=O) groups is 1. The first-order valence-electron chi connectivity index (χ1n) is 14.4. The largest absolute Gasteiger partial charge is 0.458 e. The number of aromatic nitrogens is 3. The predicted octanol–water partition coefficient (Wildman–Crippen LogP) is 6.32. The number of nitrogens with zero attached hydrogens (tertiary/aromatic N) is 3. The highest BCUT2D eigenvalue weighted by molar-refractivity contribution is 6.37. The number of piperidine rings is 1. The standard InChI is InChI=1S/C29H40Cl2N4O3/c1-3-5-6-7-9-19(4-2)26(36)38-27-28(14-16-32-17-15-28)18-29(27,37)25-23(20-12-13-20)33-34-35(25)24-21(30)10-8-11-22(24)31/h8,10-11,19-20,27,32,37H,3-7,9,12-18H2,1-2H3. The van der Waals surface area contributed by atoms with Crippen LogP contribution in [0.5, 0.6) is 0 Å². The van der Waals surface area contributed by atoms with Crippen LogP contribution in [0.15, 0.2) is 18.2 Å². The van der Waals surface area contributed by atoms with Gasteiger partial charge in [-0.15, -0.1) is 5.10 Å². The Labute approximate surface area is 235 Å². The zero-order valence-corrected chi connectivity index (χ0v) is 24.0. The molecule has 1 aliphatic heterocycles. The Hall–Kier alpha value is -1.67. The Morgan fingerprint density at radius 2 is 1.89 bits per heavy atom. The molecule has 0 radical (unpaired) electrons. The van der Waals surface area contributed by atoms with E-state index in [4.69, 9.17) is 27.9 Å². The topological polar surface area (TPSA) is 89.3 Å². The third-order valence-corrected chi connectivity index (χ3v) is 9.51. The Morgan fingerprint density at radius 3 is 2.53 bits per heavy atom. The molecule has 1 spiro atoms. The van der Waals surface area contributed by atoms with Gasteiger partial charge < -0.3 is 15.2 Å². The number of esters is 1. The molecule has 5 rings (SSSR count). The van der Waals surface area contributed by atoms with E-state index >= 15 is 0 Å². The van der Waals surface area contributed by atoms with E-state index in [9.17, 15) is 9.90 Å². The van der Waals surface area contributed by atoms with E-state index in [1.807, 2.05) is 6.92 Å². The van der Waals surface area contributed by atoms with Gasteiger partial charge in [-0.25, -0.2) is 4.68 Å². The van der Waals surface area contributed by atoms with E-state index in [0.29, 0.717) is 27.8 Å². The second-order valence-electron chi connectivity index (χ2n) is 11.6. The molecule has 2 N–H and O–H groups in total. The maximum absolute atomic E-state index is 13.6.